The van der Waals surface area contributed by atoms with Crippen molar-refractivity contribution in [1.29, 1.82) is 0 Å². The van der Waals surface area contributed by atoms with Crippen LogP contribution >= 0.6 is 15.9 Å². The van der Waals surface area contributed by atoms with Crippen LogP contribution in [0.15, 0.2) is 100 Å². The zero-order valence-electron chi connectivity index (χ0n) is 30.3. The number of phenols is 1. The number of carbonyl (C=O) groups excluding carboxylic acids is 2. The Morgan fingerprint density at radius 2 is 1.67 bits per heavy atom. The third kappa shape index (κ3) is 7.35. The van der Waals surface area contributed by atoms with Crippen LogP contribution in [-0.2, 0) is 18.7 Å². The van der Waals surface area contributed by atoms with Crippen LogP contribution in [0.2, 0.25) is 11.4 Å². The summed E-state index contributed by atoms with van der Waals surface area (Å²) in [4.78, 5) is 29.3. The van der Waals surface area contributed by atoms with E-state index in [4.69, 9.17) is 9.08 Å². The normalized spacial score (nSPS) is 22.8. The van der Waals surface area contributed by atoms with Gasteiger partial charge < -0.3 is 19.2 Å². The minimum absolute atomic E-state index is 0.112. The van der Waals surface area contributed by atoms with Gasteiger partial charge in [0.2, 0.25) is 11.8 Å². The lowest BCUT2D eigenvalue weighted by Gasteiger charge is -2.46. The zero-order valence-corrected chi connectivity index (χ0v) is 32.9. The van der Waals surface area contributed by atoms with E-state index in [2.05, 4.69) is 85.2 Å². The predicted molar refractivity (Wildman–Crippen MR) is 209 cm³/mol. The Hall–Kier alpha value is -3.28. The van der Waals surface area contributed by atoms with E-state index in [9.17, 15) is 19.7 Å². The number of likely N-dealkylation sites (tertiary alicyclic amines) is 1. The Morgan fingerprint density at radius 3 is 2.27 bits per heavy atom. The molecule has 3 aromatic carbocycles. The van der Waals surface area contributed by atoms with Crippen molar-refractivity contribution >= 4 is 59.6 Å². The molecule has 51 heavy (non-hydrogen) atoms. The maximum absolute atomic E-state index is 14.0. The molecule has 2 aliphatic heterocycles. The summed E-state index contributed by atoms with van der Waals surface area (Å²) >= 11 is 3.50. The van der Waals surface area contributed by atoms with E-state index in [-0.39, 0.29) is 34.8 Å². The molecule has 2 amide bonds. The lowest BCUT2D eigenvalue weighted by Crippen LogP contribution is -2.66. The molecule has 2 fully saturated rings. The quantitative estimate of drug-likeness (QED) is 0.123. The highest BCUT2D eigenvalue weighted by atomic mass is 79.9. The molecule has 0 unspecified atom stereocenters. The van der Waals surface area contributed by atoms with Crippen LogP contribution in [-0.4, -0.2) is 61.5 Å². The number of halogens is 1. The predicted octanol–water partition coefficient (Wildman–Crippen LogP) is 7.12. The molecule has 10 heteroatoms. The van der Waals surface area contributed by atoms with Gasteiger partial charge in [0.15, 0.2) is 0 Å². The maximum Gasteiger partial charge on any atom is 0.455 e. The Bertz CT molecular complexity index is 1770. The van der Waals surface area contributed by atoms with E-state index in [0.29, 0.717) is 38.8 Å². The third-order valence-corrected chi connectivity index (χ3v) is 16.4. The topological polar surface area (TPSA) is 96.3 Å². The average Bonchev–Trinajstić information content (AvgIpc) is 3.34. The van der Waals surface area contributed by atoms with Crippen molar-refractivity contribution in [2.24, 2.45) is 17.8 Å². The van der Waals surface area contributed by atoms with Gasteiger partial charge in [-0.3, -0.25) is 14.5 Å². The van der Waals surface area contributed by atoms with Crippen molar-refractivity contribution in [1.82, 2.24) is 4.90 Å². The number of hydrogen-bond donors (Lipinski definition) is 2. The maximum atomic E-state index is 14.0. The number of amides is 2. The molecule has 0 aromatic heterocycles. The number of carbonyl (C=O) groups is 2. The summed E-state index contributed by atoms with van der Waals surface area (Å²) in [6, 6.07) is 26.4. The molecule has 0 radical (unpaired) electrons. The van der Waals surface area contributed by atoms with Crippen molar-refractivity contribution in [2.75, 3.05) is 13.2 Å². The molecule has 4 atom stereocenters. The number of phenolic OH excluding ortho intramolecular Hbond substituents is 1. The van der Waals surface area contributed by atoms with Gasteiger partial charge in [-0.25, -0.2) is 0 Å². The molecule has 7 nitrogen and oxygen atoms in total. The Kier molecular flexibility index (Phi) is 11.3. The van der Waals surface area contributed by atoms with Crippen LogP contribution in [0, 0.1) is 17.8 Å². The monoisotopic (exact) mass is 769 g/mol. The van der Waals surface area contributed by atoms with Gasteiger partial charge in [0.1, 0.15) is 5.75 Å². The Morgan fingerprint density at radius 1 is 1.02 bits per heavy atom. The smallest absolute Gasteiger partial charge is 0.455 e. The van der Waals surface area contributed by atoms with E-state index in [1.165, 1.54) is 15.3 Å². The van der Waals surface area contributed by atoms with E-state index < -0.39 is 33.4 Å². The second kappa shape index (κ2) is 15.4. The van der Waals surface area contributed by atoms with Crippen LogP contribution < -0.4 is 10.4 Å². The van der Waals surface area contributed by atoms with Gasteiger partial charge in [0.05, 0.1) is 24.5 Å². The Labute approximate surface area is 312 Å². The fourth-order valence-electron chi connectivity index (χ4n) is 8.70. The van der Waals surface area contributed by atoms with Crippen LogP contribution in [0.1, 0.15) is 65.9 Å². The molecule has 2 heterocycles. The number of allylic oxidation sites excluding steroid dienone is 1. The summed E-state index contributed by atoms with van der Waals surface area (Å²) in [7, 11) is -3.98. The van der Waals surface area contributed by atoms with E-state index >= 15 is 0 Å². The summed E-state index contributed by atoms with van der Waals surface area (Å²) in [6.45, 7) is 11.5. The first kappa shape index (κ1) is 37.5. The molecule has 3 aromatic rings. The summed E-state index contributed by atoms with van der Waals surface area (Å²) < 4.78 is 14.7. The molecule has 268 valence electrons. The molecule has 3 aliphatic rings. The Balaban J connectivity index is 1.42. The first-order chi connectivity index (χ1) is 24.4. The molecular formula is C41H49BBrNO6Si. The fourth-order valence-corrected chi connectivity index (χ4v) is 13.6. The third-order valence-electron chi connectivity index (χ3n) is 10.9. The molecule has 2 saturated heterocycles. The molecule has 0 spiro atoms. The first-order valence-corrected chi connectivity index (χ1v) is 20.9. The molecule has 0 bridgehead atoms. The SMILES string of the molecule is CCCN1C(=O)[C@@H]2[C@@H](CC(CO[Si](c3ccccc3)(c3ccccc3)C(C)(C)C)=C3[C@@H](CC/C(C)=C/c4cc(Br)ccc4O)OB(O)C[C@@H]32)C1=O. The highest BCUT2D eigenvalue weighted by molar-refractivity contribution is 9.10. The van der Waals surface area contributed by atoms with Crippen LogP contribution in [0.4, 0.5) is 0 Å². The minimum Gasteiger partial charge on any atom is -0.507 e. The van der Waals surface area contributed by atoms with Gasteiger partial charge in [-0.2, -0.15) is 0 Å². The lowest BCUT2D eigenvalue weighted by molar-refractivity contribution is -0.140. The summed E-state index contributed by atoms with van der Waals surface area (Å²) in [5.41, 5.74) is 3.78. The van der Waals surface area contributed by atoms with Crippen LogP contribution in [0.25, 0.3) is 6.08 Å². The van der Waals surface area contributed by atoms with Gasteiger partial charge in [-0.15, -0.1) is 0 Å². The zero-order chi connectivity index (χ0) is 36.5. The number of rotatable bonds is 11. The average molecular weight is 771 g/mol. The van der Waals surface area contributed by atoms with E-state index in [1.807, 2.05) is 38.1 Å². The van der Waals surface area contributed by atoms with Crippen LogP contribution in [0.5, 0.6) is 5.75 Å². The van der Waals surface area contributed by atoms with Gasteiger partial charge in [-0.05, 0) is 89.6 Å². The van der Waals surface area contributed by atoms with E-state index in [0.717, 1.165) is 26.8 Å². The highest BCUT2D eigenvalue weighted by Crippen LogP contribution is 2.51. The van der Waals surface area contributed by atoms with Gasteiger partial charge in [-0.1, -0.05) is 116 Å². The lowest BCUT2D eigenvalue weighted by atomic mass is 9.58. The van der Waals surface area contributed by atoms with E-state index in [1.54, 1.807) is 12.1 Å². The molecule has 6 rings (SSSR count). The highest BCUT2D eigenvalue weighted by Gasteiger charge is 2.58. The molecule has 0 saturated carbocycles. The van der Waals surface area contributed by atoms with Crippen molar-refractivity contribution in [2.45, 2.75) is 77.8 Å². The van der Waals surface area contributed by atoms with Crippen molar-refractivity contribution in [3.05, 3.63) is 106 Å². The molecular weight excluding hydrogens is 721 g/mol. The number of fused-ring (bicyclic) bond motifs is 3. The molecule has 2 N–H and O–H groups in total. The summed E-state index contributed by atoms with van der Waals surface area (Å²) in [5.74, 6) is -1.37. The second-order valence-electron chi connectivity index (χ2n) is 15.3. The first-order valence-electron chi connectivity index (χ1n) is 18.2. The largest absolute Gasteiger partial charge is 0.507 e. The van der Waals surface area contributed by atoms with Crippen molar-refractivity contribution in [3.8, 4) is 5.75 Å². The van der Waals surface area contributed by atoms with Crippen LogP contribution in [0.3, 0.4) is 0 Å². The minimum atomic E-state index is -2.93. The summed E-state index contributed by atoms with van der Waals surface area (Å²) in [5, 5.41) is 23.7. The number of hydrogen-bond acceptors (Lipinski definition) is 6. The number of imide groups is 1. The van der Waals surface area contributed by atoms with Gasteiger partial charge in [0.25, 0.3) is 8.32 Å². The van der Waals surface area contributed by atoms with Crippen molar-refractivity contribution < 1.29 is 28.8 Å². The number of nitrogens with zero attached hydrogens (tertiary/aromatic N) is 1. The summed E-state index contributed by atoms with van der Waals surface area (Å²) in [6.07, 6.45) is 4.11. The second-order valence-corrected chi connectivity index (χ2v) is 20.6. The fraction of sp³-hybridized carbons (Fsp3) is 0.415. The van der Waals surface area contributed by atoms with Gasteiger partial charge >= 0.3 is 7.12 Å². The van der Waals surface area contributed by atoms with Crippen molar-refractivity contribution in [3.63, 3.8) is 0 Å². The number of benzene rings is 3. The number of aromatic hydroxyl groups is 1. The molecule has 1 aliphatic carbocycles. The van der Waals surface area contributed by atoms with Gasteiger partial charge in [0, 0.05) is 16.6 Å². The standard InChI is InChI=1S/C41H49BBrNO6Si/c1-6-21-44-39(46)33-24-29(26-49-51(41(3,4)5,31-13-9-7-10-14-31)32-15-11-8-12-16-32)37-34(38(33)40(44)47)25-42(48)50-36(37)20-17-27(2)22-28-23-30(43)18-19-35(28)45/h7-16,18-19,22-23,33-34,36,38,45,48H,6,17,20-21,24-26H2,1-5H3/b27-22+/t33-,34+,36-,38-/m1/s1.